The van der Waals surface area contributed by atoms with Crippen LogP contribution in [0.5, 0.6) is 0 Å². The van der Waals surface area contributed by atoms with Gasteiger partial charge in [-0.1, -0.05) is 140 Å². The fourth-order valence-electron chi connectivity index (χ4n) is 7.12. The van der Waals surface area contributed by atoms with Crippen molar-refractivity contribution in [2.75, 3.05) is 0 Å². The molecule has 0 bridgehead atoms. The van der Waals surface area contributed by atoms with Crippen LogP contribution in [0.2, 0.25) is 0 Å². The van der Waals surface area contributed by atoms with Gasteiger partial charge in [-0.05, 0) is 58.1 Å². The standard InChI is InChI=1S/C46H28N2OS/c1-2-12-29(13-3-1)30-14-9-18-34(27-30)43-42-39-21-5-7-25-41(39)50-46(42)48-45(47-43)35-19-10-16-32(28-35)31-15-8-17-33(26-31)36-22-11-23-38-37-20-4-6-24-40(37)49-44(36)38/h1-28H. The third-order valence-electron chi connectivity index (χ3n) is 9.51. The number of rotatable bonds is 5. The van der Waals surface area contributed by atoms with Crippen molar-refractivity contribution in [1.82, 2.24) is 9.97 Å². The molecule has 7 aromatic carbocycles. The summed E-state index contributed by atoms with van der Waals surface area (Å²) in [6.45, 7) is 0. The van der Waals surface area contributed by atoms with Crippen molar-refractivity contribution in [2.45, 2.75) is 0 Å². The van der Waals surface area contributed by atoms with Crippen LogP contribution in [-0.2, 0) is 0 Å². The summed E-state index contributed by atoms with van der Waals surface area (Å²) in [4.78, 5) is 11.5. The number of fused-ring (bicyclic) bond motifs is 6. The second kappa shape index (κ2) is 11.7. The van der Waals surface area contributed by atoms with E-state index in [1.807, 2.05) is 12.1 Å². The summed E-state index contributed by atoms with van der Waals surface area (Å²) in [5.41, 5.74) is 11.6. The molecule has 0 spiro atoms. The van der Waals surface area contributed by atoms with Crippen LogP contribution in [0.15, 0.2) is 174 Å². The number of para-hydroxylation sites is 2. The van der Waals surface area contributed by atoms with Gasteiger partial charge in [0.15, 0.2) is 5.82 Å². The van der Waals surface area contributed by atoms with Gasteiger partial charge in [-0.2, -0.15) is 0 Å². The van der Waals surface area contributed by atoms with Gasteiger partial charge in [0.1, 0.15) is 16.0 Å². The molecule has 234 valence electrons. The monoisotopic (exact) mass is 656 g/mol. The van der Waals surface area contributed by atoms with E-state index in [1.54, 1.807) is 11.3 Å². The number of hydrogen-bond acceptors (Lipinski definition) is 4. The largest absolute Gasteiger partial charge is 0.455 e. The third-order valence-corrected chi connectivity index (χ3v) is 10.6. The minimum Gasteiger partial charge on any atom is -0.455 e. The normalized spacial score (nSPS) is 11.6. The lowest BCUT2D eigenvalue weighted by molar-refractivity contribution is 0.670. The van der Waals surface area contributed by atoms with Gasteiger partial charge >= 0.3 is 0 Å². The summed E-state index contributed by atoms with van der Waals surface area (Å²) in [6.07, 6.45) is 0. The van der Waals surface area contributed by atoms with E-state index in [1.165, 1.54) is 15.6 Å². The zero-order chi connectivity index (χ0) is 33.0. The molecule has 0 fully saturated rings. The maximum absolute atomic E-state index is 6.38. The molecule has 0 radical (unpaired) electrons. The van der Waals surface area contributed by atoms with Gasteiger partial charge < -0.3 is 4.42 Å². The smallest absolute Gasteiger partial charge is 0.161 e. The summed E-state index contributed by atoms with van der Waals surface area (Å²) < 4.78 is 7.59. The van der Waals surface area contributed by atoms with Crippen molar-refractivity contribution < 1.29 is 4.42 Å². The van der Waals surface area contributed by atoms with Crippen molar-refractivity contribution in [3.05, 3.63) is 170 Å². The molecule has 0 N–H and O–H groups in total. The molecule has 0 atom stereocenters. The first-order valence-corrected chi connectivity index (χ1v) is 17.6. The van der Waals surface area contributed by atoms with Crippen LogP contribution in [0, 0.1) is 0 Å². The Balaban J connectivity index is 1.10. The number of aromatic nitrogens is 2. The van der Waals surface area contributed by atoms with Gasteiger partial charge in [-0.15, -0.1) is 11.3 Å². The molecule has 0 saturated heterocycles. The molecule has 10 aromatic rings. The minimum absolute atomic E-state index is 0.717. The maximum Gasteiger partial charge on any atom is 0.161 e. The summed E-state index contributed by atoms with van der Waals surface area (Å²) in [7, 11) is 0. The van der Waals surface area contributed by atoms with Crippen LogP contribution in [0.25, 0.3) is 98.3 Å². The molecule has 3 nitrogen and oxygen atoms in total. The predicted octanol–water partition coefficient (Wildman–Crippen LogP) is 13.1. The first-order valence-electron chi connectivity index (χ1n) is 16.7. The van der Waals surface area contributed by atoms with Gasteiger partial charge in [-0.3, -0.25) is 0 Å². The van der Waals surface area contributed by atoms with Crippen LogP contribution < -0.4 is 0 Å². The topological polar surface area (TPSA) is 38.9 Å². The second-order valence-corrected chi connectivity index (χ2v) is 13.6. The predicted molar refractivity (Wildman–Crippen MR) is 209 cm³/mol. The summed E-state index contributed by atoms with van der Waals surface area (Å²) in [6, 6.07) is 59.6. The summed E-state index contributed by atoms with van der Waals surface area (Å²) in [5, 5.41) is 4.55. The molecule has 0 aliphatic heterocycles. The molecule has 50 heavy (non-hydrogen) atoms. The Morgan fingerprint density at radius 3 is 1.84 bits per heavy atom. The highest BCUT2D eigenvalue weighted by Gasteiger charge is 2.18. The Bertz CT molecular complexity index is 2880. The van der Waals surface area contributed by atoms with Crippen molar-refractivity contribution >= 4 is 53.6 Å². The lowest BCUT2D eigenvalue weighted by atomic mass is 9.96. The van der Waals surface area contributed by atoms with E-state index >= 15 is 0 Å². The maximum atomic E-state index is 6.38. The lowest BCUT2D eigenvalue weighted by Crippen LogP contribution is -1.94. The van der Waals surface area contributed by atoms with Gasteiger partial charge in [0, 0.05) is 42.9 Å². The number of thiophene rings is 1. The minimum atomic E-state index is 0.717. The van der Waals surface area contributed by atoms with Gasteiger partial charge in [0.05, 0.1) is 5.69 Å². The Morgan fingerprint density at radius 1 is 0.420 bits per heavy atom. The fourth-order valence-corrected chi connectivity index (χ4v) is 8.19. The number of furan rings is 1. The average Bonchev–Trinajstić information content (AvgIpc) is 3.77. The summed E-state index contributed by atoms with van der Waals surface area (Å²) in [5.74, 6) is 0.717. The van der Waals surface area contributed by atoms with E-state index in [0.717, 1.165) is 76.8 Å². The SMILES string of the molecule is c1ccc(-c2cccc(-c3nc(-c4cccc(-c5cccc(-c6cccc7c6oc6ccccc67)c5)c4)nc4sc5ccccc5c34)c2)cc1. The highest BCUT2D eigenvalue weighted by Crippen LogP contribution is 2.41. The molecule has 0 saturated carbocycles. The average molecular weight is 657 g/mol. The molecular formula is C46H28N2OS. The number of hydrogen-bond donors (Lipinski definition) is 0. The molecule has 3 heterocycles. The van der Waals surface area contributed by atoms with Crippen molar-refractivity contribution in [1.29, 1.82) is 0 Å². The van der Waals surface area contributed by atoms with Gasteiger partial charge in [0.2, 0.25) is 0 Å². The van der Waals surface area contributed by atoms with Crippen molar-refractivity contribution in [3.63, 3.8) is 0 Å². The molecule has 3 aromatic heterocycles. The number of nitrogens with zero attached hydrogens (tertiary/aromatic N) is 2. The highest BCUT2D eigenvalue weighted by atomic mass is 32.1. The first-order chi connectivity index (χ1) is 24.8. The van der Waals surface area contributed by atoms with Crippen molar-refractivity contribution in [3.8, 4) is 56.0 Å². The van der Waals surface area contributed by atoms with E-state index in [4.69, 9.17) is 14.4 Å². The molecule has 10 rings (SSSR count). The molecular weight excluding hydrogens is 629 g/mol. The molecule has 0 aliphatic rings. The molecule has 0 amide bonds. The van der Waals surface area contributed by atoms with E-state index in [9.17, 15) is 0 Å². The van der Waals surface area contributed by atoms with Gasteiger partial charge in [0.25, 0.3) is 0 Å². The van der Waals surface area contributed by atoms with E-state index < -0.39 is 0 Å². The van der Waals surface area contributed by atoms with E-state index in [2.05, 4.69) is 158 Å². The quantitative estimate of drug-likeness (QED) is 0.185. The van der Waals surface area contributed by atoms with Crippen LogP contribution in [0.1, 0.15) is 0 Å². The third kappa shape index (κ3) is 4.80. The summed E-state index contributed by atoms with van der Waals surface area (Å²) >= 11 is 1.72. The Hall–Kier alpha value is -6.36. The lowest BCUT2D eigenvalue weighted by Gasteiger charge is -2.11. The van der Waals surface area contributed by atoms with E-state index in [-0.39, 0.29) is 0 Å². The van der Waals surface area contributed by atoms with Gasteiger partial charge in [-0.25, -0.2) is 9.97 Å². The fraction of sp³-hybridized carbons (Fsp3) is 0. The zero-order valence-corrected chi connectivity index (χ0v) is 27.7. The van der Waals surface area contributed by atoms with Crippen molar-refractivity contribution in [2.24, 2.45) is 0 Å². The Kier molecular flexibility index (Phi) is 6.68. The zero-order valence-electron chi connectivity index (χ0n) is 26.9. The van der Waals surface area contributed by atoms with Crippen LogP contribution in [0.4, 0.5) is 0 Å². The molecule has 0 unspecified atom stereocenters. The highest BCUT2D eigenvalue weighted by molar-refractivity contribution is 7.25. The molecule has 4 heteroatoms. The van der Waals surface area contributed by atoms with E-state index in [0.29, 0.717) is 5.82 Å². The van der Waals surface area contributed by atoms with Crippen LogP contribution in [0.3, 0.4) is 0 Å². The van der Waals surface area contributed by atoms with Crippen LogP contribution in [-0.4, -0.2) is 9.97 Å². The van der Waals surface area contributed by atoms with Crippen LogP contribution >= 0.6 is 11.3 Å². The second-order valence-electron chi connectivity index (χ2n) is 12.6. The Labute approximate surface area is 292 Å². The number of benzene rings is 7. The first kappa shape index (κ1) is 28.6. The Morgan fingerprint density at radius 2 is 1.00 bits per heavy atom. The molecule has 0 aliphatic carbocycles.